The molecule has 1 aliphatic rings. The molecule has 1 aromatic rings. The Bertz CT molecular complexity index is 502. The first kappa shape index (κ1) is 13.0. The van der Waals surface area contributed by atoms with Crippen LogP contribution in [0.1, 0.15) is 39.2 Å². The summed E-state index contributed by atoms with van der Waals surface area (Å²) in [5.74, 6) is -1.000. The fourth-order valence-electron chi connectivity index (χ4n) is 2.41. The van der Waals surface area contributed by atoms with Gasteiger partial charge in [-0.1, -0.05) is 31.6 Å². The van der Waals surface area contributed by atoms with Gasteiger partial charge < -0.3 is 0 Å². The number of allylic oxidation sites excluding steroid dienone is 3. The predicted molar refractivity (Wildman–Crippen MR) is 71.1 cm³/mol. The van der Waals surface area contributed by atoms with Crippen molar-refractivity contribution in [3.05, 3.63) is 52.6 Å². The summed E-state index contributed by atoms with van der Waals surface area (Å²) in [6.45, 7) is 6.36. The van der Waals surface area contributed by atoms with E-state index in [1.165, 1.54) is 18.2 Å². The minimum Gasteiger partial charge on any atom is -0.206 e. The minimum absolute atomic E-state index is 0.0694. The minimum atomic E-state index is -0.500. The smallest absolute Gasteiger partial charge is 0.133 e. The van der Waals surface area contributed by atoms with E-state index in [1.54, 1.807) is 6.08 Å². The third-order valence-corrected chi connectivity index (χ3v) is 3.47. The SMILES string of the molecule is CC1=CC(C)(C)CC/C1=C/c1c(F)cccc1F. The van der Waals surface area contributed by atoms with Crippen LogP contribution in [0.15, 0.2) is 35.4 Å². The first-order chi connectivity index (χ1) is 8.39. The Morgan fingerprint density at radius 2 is 1.78 bits per heavy atom. The lowest BCUT2D eigenvalue weighted by atomic mass is 9.77. The van der Waals surface area contributed by atoms with E-state index in [9.17, 15) is 8.78 Å². The second-order valence-corrected chi connectivity index (χ2v) is 5.62. The zero-order valence-corrected chi connectivity index (χ0v) is 11.1. The summed E-state index contributed by atoms with van der Waals surface area (Å²) in [6, 6.07) is 3.97. The van der Waals surface area contributed by atoms with E-state index in [-0.39, 0.29) is 11.0 Å². The highest BCUT2D eigenvalue weighted by atomic mass is 19.1. The van der Waals surface area contributed by atoms with Gasteiger partial charge in [0.25, 0.3) is 0 Å². The highest BCUT2D eigenvalue weighted by Gasteiger charge is 2.22. The van der Waals surface area contributed by atoms with Crippen LogP contribution >= 0.6 is 0 Å². The summed E-state index contributed by atoms with van der Waals surface area (Å²) in [6.07, 6.45) is 5.70. The van der Waals surface area contributed by atoms with Crippen LogP contribution in [-0.2, 0) is 0 Å². The normalized spacial score (nSPS) is 20.9. The van der Waals surface area contributed by atoms with Crippen molar-refractivity contribution in [2.75, 3.05) is 0 Å². The lowest BCUT2D eigenvalue weighted by molar-refractivity contribution is 0.423. The van der Waals surface area contributed by atoms with Gasteiger partial charge in [-0.25, -0.2) is 8.78 Å². The van der Waals surface area contributed by atoms with Gasteiger partial charge in [-0.3, -0.25) is 0 Å². The van der Waals surface area contributed by atoms with Gasteiger partial charge in [-0.2, -0.15) is 0 Å². The van der Waals surface area contributed by atoms with Crippen LogP contribution < -0.4 is 0 Å². The topological polar surface area (TPSA) is 0 Å². The zero-order valence-electron chi connectivity index (χ0n) is 11.1. The van der Waals surface area contributed by atoms with Crippen molar-refractivity contribution < 1.29 is 8.78 Å². The summed E-state index contributed by atoms with van der Waals surface area (Å²) in [4.78, 5) is 0. The van der Waals surface area contributed by atoms with Crippen LogP contribution in [-0.4, -0.2) is 0 Å². The molecule has 0 aromatic heterocycles. The molecule has 18 heavy (non-hydrogen) atoms. The molecule has 2 heteroatoms. The molecule has 0 unspecified atom stereocenters. The number of rotatable bonds is 1. The third kappa shape index (κ3) is 2.69. The van der Waals surface area contributed by atoms with Gasteiger partial charge in [-0.15, -0.1) is 0 Å². The molecule has 1 aliphatic carbocycles. The lowest BCUT2D eigenvalue weighted by Crippen LogP contribution is -2.13. The summed E-state index contributed by atoms with van der Waals surface area (Å²) >= 11 is 0. The molecule has 0 bridgehead atoms. The van der Waals surface area contributed by atoms with Crippen molar-refractivity contribution in [3.8, 4) is 0 Å². The monoisotopic (exact) mass is 248 g/mol. The average molecular weight is 248 g/mol. The van der Waals surface area contributed by atoms with Crippen molar-refractivity contribution >= 4 is 6.08 Å². The second kappa shape index (κ2) is 4.68. The number of hydrogen-bond acceptors (Lipinski definition) is 0. The largest absolute Gasteiger partial charge is 0.206 e. The molecule has 0 atom stereocenters. The molecule has 2 rings (SSSR count). The molecule has 0 saturated heterocycles. The maximum atomic E-state index is 13.6. The van der Waals surface area contributed by atoms with Crippen LogP contribution in [0.25, 0.3) is 6.08 Å². The van der Waals surface area contributed by atoms with Gasteiger partial charge in [0.2, 0.25) is 0 Å². The number of benzene rings is 1. The summed E-state index contributed by atoms with van der Waals surface area (Å²) in [5.41, 5.74) is 2.39. The summed E-state index contributed by atoms with van der Waals surface area (Å²) < 4.78 is 27.2. The Kier molecular flexibility index (Phi) is 3.38. The van der Waals surface area contributed by atoms with Gasteiger partial charge in [0.1, 0.15) is 11.6 Å². The fraction of sp³-hybridized carbons (Fsp3) is 0.375. The van der Waals surface area contributed by atoms with E-state index in [1.807, 2.05) is 6.92 Å². The molecular weight excluding hydrogens is 230 g/mol. The zero-order chi connectivity index (χ0) is 13.3. The first-order valence-electron chi connectivity index (χ1n) is 6.23. The Labute approximate surface area is 107 Å². The Hall–Kier alpha value is -1.44. The van der Waals surface area contributed by atoms with E-state index in [0.29, 0.717) is 0 Å². The molecular formula is C16H18F2. The second-order valence-electron chi connectivity index (χ2n) is 5.62. The van der Waals surface area contributed by atoms with Gasteiger partial charge in [0.15, 0.2) is 0 Å². The standard InChI is InChI=1S/C16H18F2/c1-11-10-16(2,3)8-7-12(11)9-13-14(17)5-4-6-15(13)18/h4-6,9-10H,7-8H2,1-3H3/b12-9-. The van der Waals surface area contributed by atoms with Crippen LogP contribution in [0.5, 0.6) is 0 Å². The predicted octanol–water partition coefficient (Wildman–Crippen LogP) is 5.11. The van der Waals surface area contributed by atoms with Crippen molar-refractivity contribution in [2.24, 2.45) is 5.41 Å². The van der Waals surface area contributed by atoms with Gasteiger partial charge in [0, 0.05) is 5.56 Å². The molecule has 0 spiro atoms. The van der Waals surface area contributed by atoms with Crippen LogP contribution in [0.3, 0.4) is 0 Å². The average Bonchev–Trinajstić information content (AvgIpc) is 2.25. The van der Waals surface area contributed by atoms with Crippen molar-refractivity contribution in [2.45, 2.75) is 33.6 Å². The molecule has 0 fully saturated rings. The molecule has 0 heterocycles. The summed E-state index contributed by atoms with van der Waals surface area (Å²) in [5, 5.41) is 0. The maximum Gasteiger partial charge on any atom is 0.133 e. The molecule has 0 aliphatic heterocycles. The molecule has 0 nitrogen and oxygen atoms in total. The van der Waals surface area contributed by atoms with E-state index in [2.05, 4.69) is 19.9 Å². The lowest BCUT2D eigenvalue weighted by Gasteiger charge is -2.28. The maximum absolute atomic E-state index is 13.6. The van der Waals surface area contributed by atoms with Crippen molar-refractivity contribution in [3.63, 3.8) is 0 Å². The first-order valence-corrected chi connectivity index (χ1v) is 6.23. The summed E-state index contributed by atoms with van der Waals surface area (Å²) in [7, 11) is 0. The van der Waals surface area contributed by atoms with E-state index < -0.39 is 11.6 Å². The quantitative estimate of drug-likeness (QED) is 0.647. The van der Waals surface area contributed by atoms with E-state index in [0.717, 1.165) is 24.0 Å². The molecule has 0 amide bonds. The van der Waals surface area contributed by atoms with Gasteiger partial charge in [-0.05, 0) is 49.0 Å². The number of hydrogen-bond donors (Lipinski definition) is 0. The van der Waals surface area contributed by atoms with Crippen LogP contribution in [0.4, 0.5) is 8.78 Å². The van der Waals surface area contributed by atoms with E-state index >= 15 is 0 Å². The van der Waals surface area contributed by atoms with Crippen molar-refractivity contribution in [1.82, 2.24) is 0 Å². The van der Waals surface area contributed by atoms with Crippen LogP contribution in [0, 0.1) is 17.0 Å². The Morgan fingerprint density at radius 3 is 2.33 bits per heavy atom. The van der Waals surface area contributed by atoms with Crippen molar-refractivity contribution in [1.29, 1.82) is 0 Å². The Balaban J connectivity index is 2.41. The molecule has 96 valence electrons. The Morgan fingerprint density at radius 1 is 1.17 bits per heavy atom. The number of halogens is 2. The van der Waals surface area contributed by atoms with Crippen LogP contribution in [0.2, 0.25) is 0 Å². The molecule has 0 saturated carbocycles. The molecule has 1 aromatic carbocycles. The molecule has 0 N–H and O–H groups in total. The fourth-order valence-corrected chi connectivity index (χ4v) is 2.41. The van der Waals surface area contributed by atoms with Gasteiger partial charge in [0.05, 0.1) is 0 Å². The highest BCUT2D eigenvalue weighted by molar-refractivity contribution is 5.60. The molecule has 0 radical (unpaired) electrons. The van der Waals surface area contributed by atoms with Gasteiger partial charge >= 0.3 is 0 Å². The highest BCUT2D eigenvalue weighted by Crippen LogP contribution is 2.37. The van der Waals surface area contributed by atoms with E-state index in [4.69, 9.17) is 0 Å². The third-order valence-electron chi connectivity index (χ3n) is 3.47.